The largest absolute Gasteiger partial charge is 0.472 e. The average Bonchev–Trinajstić information content (AvgIpc) is 1.98. The fraction of sp³-hybridized carbons (Fsp3) is 0.890. The van der Waals surface area contributed by atoms with Gasteiger partial charge in [-0.15, -0.1) is 0 Å². The van der Waals surface area contributed by atoms with Gasteiger partial charge >= 0.3 is 39.5 Å². The van der Waals surface area contributed by atoms with Crippen molar-refractivity contribution in [1.29, 1.82) is 0 Å². The van der Waals surface area contributed by atoms with Crippen LogP contribution in [-0.2, 0) is 65.4 Å². The Kier molecular flexibility index (Phi) is 64.0. The Morgan fingerprint density at radius 3 is 0.891 bits per heavy atom. The zero-order chi connectivity index (χ0) is 67.7. The Bertz CT molecular complexity index is 1860. The molecule has 92 heavy (non-hydrogen) atoms. The minimum absolute atomic E-state index is 0.101. The van der Waals surface area contributed by atoms with E-state index in [1.165, 1.54) is 161 Å². The molecule has 0 aliphatic rings. The molecule has 0 aromatic rings. The van der Waals surface area contributed by atoms with E-state index < -0.39 is 97.5 Å². The number of allylic oxidation sites excluding steroid dienone is 4. The zero-order valence-corrected chi connectivity index (χ0v) is 61.0. The highest BCUT2D eigenvalue weighted by Gasteiger charge is 2.30. The van der Waals surface area contributed by atoms with Crippen LogP contribution in [0.25, 0.3) is 0 Å². The van der Waals surface area contributed by atoms with Crippen molar-refractivity contribution in [3.05, 3.63) is 24.3 Å². The number of phosphoric ester groups is 2. The van der Waals surface area contributed by atoms with Crippen LogP contribution in [0.15, 0.2) is 24.3 Å². The molecule has 0 saturated heterocycles. The molecule has 2 unspecified atom stereocenters. The minimum Gasteiger partial charge on any atom is -0.462 e. The van der Waals surface area contributed by atoms with Gasteiger partial charge in [0.25, 0.3) is 0 Å². The van der Waals surface area contributed by atoms with Crippen molar-refractivity contribution in [2.45, 2.75) is 374 Å². The molecule has 3 N–H and O–H groups in total. The third-order valence-corrected chi connectivity index (χ3v) is 18.3. The number of unbranched alkanes of at least 4 members (excludes halogenated alkanes) is 40. The number of hydrogen-bond donors (Lipinski definition) is 3. The van der Waals surface area contributed by atoms with Gasteiger partial charge in [-0.3, -0.25) is 37.3 Å². The first-order valence-electron chi connectivity index (χ1n) is 37.5. The van der Waals surface area contributed by atoms with E-state index in [0.717, 1.165) is 115 Å². The van der Waals surface area contributed by atoms with Gasteiger partial charge in [0, 0.05) is 25.7 Å². The highest BCUT2D eigenvalue weighted by Crippen LogP contribution is 2.45. The molecule has 0 amide bonds. The van der Waals surface area contributed by atoms with Gasteiger partial charge in [-0.05, 0) is 57.3 Å². The summed E-state index contributed by atoms with van der Waals surface area (Å²) in [6, 6.07) is 0. The van der Waals surface area contributed by atoms with Gasteiger partial charge in [-0.25, -0.2) is 9.13 Å². The number of aliphatic hydroxyl groups is 1. The van der Waals surface area contributed by atoms with Crippen LogP contribution in [0.2, 0.25) is 0 Å². The molecule has 0 spiro atoms. The van der Waals surface area contributed by atoms with Crippen molar-refractivity contribution in [1.82, 2.24) is 0 Å². The number of aliphatic hydroxyl groups excluding tert-OH is 1. The van der Waals surface area contributed by atoms with E-state index in [1.54, 1.807) is 0 Å². The molecule has 19 heteroatoms. The van der Waals surface area contributed by atoms with E-state index in [4.69, 9.17) is 37.0 Å². The molecule has 0 fully saturated rings. The second-order valence-electron chi connectivity index (χ2n) is 26.1. The number of carbonyl (C=O) groups excluding carboxylic acids is 4. The lowest BCUT2D eigenvalue weighted by Crippen LogP contribution is -2.30. The van der Waals surface area contributed by atoms with Crippen molar-refractivity contribution >= 4 is 39.5 Å². The molecule has 0 heterocycles. The van der Waals surface area contributed by atoms with Crippen molar-refractivity contribution < 1.29 is 80.2 Å². The Morgan fingerprint density at radius 1 is 0.337 bits per heavy atom. The highest BCUT2D eigenvalue weighted by atomic mass is 31.2. The molecule has 0 aliphatic heterocycles. The van der Waals surface area contributed by atoms with Crippen molar-refractivity contribution in [2.75, 3.05) is 39.6 Å². The minimum atomic E-state index is -4.96. The molecular formula is C73H138O17P2. The smallest absolute Gasteiger partial charge is 0.462 e. The maximum atomic E-state index is 13.0. The van der Waals surface area contributed by atoms with Gasteiger partial charge in [0.05, 0.1) is 26.4 Å². The van der Waals surface area contributed by atoms with E-state index >= 15 is 0 Å². The molecule has 0 saturated carbocycles. The fourth-order valence-electron chi connectivity index (χ4n) is 10.6. The van der Waals surface area contributed by atoms with Gasteiger partial charge in [0.1, 0.15) is 19.3 Å². The van der Waals surface area contributed by atoms with Crippen molar-refractivity contribution in [3.8, 4) is 0 Å². The summed E-state index contributed by atoms with van der Waals surface area (Å²) >= 11 is 0. The average molecular weight is 1350 g/mol. The number of hydrogen-bond acceptors (Lipinski definition) is 15. The SMILES string of the molecule is CCCCCC/C=C\C=C/CCCCCCCC(=O)OC[C@H](COP(=O)(O)OC[C@@H](O)COP(=O)(O)OC[C@@H](COC(=O)CCCCCCCCCCCC)OC(=O)CCCCCCCCCCCC)OC(=O)CCCCCCCCCCCCCCCCC(C)C. The number of carbonyl (C=O) groups is 4. The summed E-state index contributed by atoms with van der Waals surface area (Å²) in [4.78, 5) is 72.6. The van der Waals surface area contributed by atoms with Crippen LogP contribution in [0, 0.1) is 5.92 Å². The van der Waals surface area contributed by atoms with Crippen molar-refractivity contribution in [3.63, 3.8) is 0 Å². The van der Waals surface area contributed by atoms with E-state index in [-0.39, 0.29) is 25.7 Å². The van der Waals surface area contributed by atoms with Crippen LogP contribution >= 0.6 is 15.6 Å². The van der Waals surface area contributed by atoms with Crippen molar-refractivity contribution in [2.24, 2.45) is 5.92 Å². The van der Waals surface area contributed by atoms with Gasteiger partial charge in [0.15, 0.2) is 12.2 Å². The lowest BCUT2D eigenvalue weighted by molar-refractivity contribution is -0.161. The number of esters is 4. The molecule has 542 valence electrons. The van der Waals surface area contributed by atoms with Crippen LogP contribution < -0.4 is 0 Å². The lowest BCUT2D eigenvalue weighted by atomic mass is 10.0. The standard InChI is InChI=1S/C73H138O17P2/c1-6-9-12-15-18-21-24-25-26-30-33-38-42-47-52-57-71(76)84-63-69(90-73(78)59-54-49-44-39-34-31-28-27-29-32-35-40-45-50-55-66(4)5)65-88-92(81,82)86-61-67(74)60-85-91(79,80)87-64-68(89-72(77)58-53-48-43-37-23-20-17-14-11-8-3)62-83-70(75)56-51-46-41-36-22-19-16-13-10-7-2/h21,24-26,66-69,74H,6-20,22-23,27-65H2,1-5H3,(H,79,80)(H,81,82)/b24-21-,26-25-/t67-,68+,69+/m0/s1. The summed E-state index contributed by atoms with van der Waals surface area (Å²) in [6.07, 6.45) is 56.2. The summed E-state index contributed by atoms with van der Waals surface area (Å²) in [7, 11) is -9.91. The first kappa shape index (κ1) is 89.5. The van der Waals surface area contributed by atoms with Crippen LogP contribution in [-0.4, -0.2) is 96.7 Å². The Morgan fingerprint density at radius 2 is 0.587 bits per heavy atom. The van der Waals surface area contributed by atoms with Crippen LogP contribution in [0.3, 0.4) is 0 Å². The van der Waals surface area contributed by atoms with E-state index in [1.807, 2.05) is 0 Å². The molecular weight excluding hydrogens is 1210 g/mol. The molecule has 0 aromatic heterocycles. The second-order valence-corrected chi connectivity index (χ2v) is 29.0. The molecule has 0 radical (unpaired) electrons. The third-order valence-electron chi connectivity index (χ3n) is 16.4. The summed E-state index contributed by atoms with van der Waals surface area (Å²) in [6.45, 7) is 7.21. The normalized spacial score (nSPS) is 14.2. The molecule has 0 rings (SSSR count). The van der Waals surface area contributed by atoms with Gasteiger partial charge < -0.3 is 33.8 Å². The molecule has 0 aliphatic carbocycles. The van der Waals surface area contributed by atoms with Crippen LogP contribution in [0.1, 0.15) is 356 Å². The first-order chi connectivity index (χ1) is 44.5. The molecule has 0 bridgehead atoms. The monoisotopic (exact) mass is 1350 g/mol. The van der Waals surface area contributed by atoms with Crippen LogP contribution in [0.4, 0.5) is 0 Å². The summed E-state index contributed by atoms with van der Waals surface area (Å²) < 4.78 is 68.3. The predicted octanol–water partition coefficient (Wildman–Crippen LogP) is 20.9. The number of ether oxygens (including phenoxy) is 4. The number of rotatable bonds is 71. The Balaban J connectivity index is 5.26. The lowest BCUT2D eigenvalue weighted by Gasteiger charge is -2.21. The molecule has 5 atom stereocenters. The highest BCUT2D eigenvalue weighted by molar-refractivity contribution is 7.47. The predicted molar refractivity (Wildman–Crippen MR) is 372 cm³/mol. The second kappa shape index (κ2) is 65.8. The summed E-state index contributed by atoms with van der Waals surface area (Å²) in [5.74, 6) is -1.36. The van der Waals surface area contributed by atoms with E-state index in [9.17, 15) is 43.2 Å². The number of phosphoric acid groups is 2. The zero-order valence-electron chi connectivity index (χ0n) is 59.2. The van der Waals surface area contributed by atoms with Crippen LogP contribution in [0.5, 0.6) is 0 Å². The first-order valence-corrected chi connectivity index (χ1v) is 40.4. The summed E-state index contributed by atoms with van der Waals surface area (Å²) in [5.41, 5.74) is 0. The maximum Gasteiger partial charge on any atom is 0.472 e. The van der Waals surface area contributed by atoms with Gasteiger partial charge in [-0.2, -0.15) is 0 Å². The maximum absolute atomic E-state index is 13.0. The Hall–Kier alpha value is -2.46. The fourth-order valence-corrected chi connectivity index (χ4v) is 12.2. The van der Waals surface area contributed by atoms with E-state index in [0.29, 0.717) is 25.7 Å². The quantitative estimate of drug-likeness (QED) is 0.0169. The van der Waals surface area contributed by atoms with Gasteiger partial charge in [-0.1, -0.05) is 303 Å². The molecule has 17 nitrogen and oxygen atoms in total. The topological polar surface area (TPSA) is 237 Å². The van der Waals surface area contributed by atoms with E-state index in [2.05, 4.69) is 58.9 Å². The van der Waals surface area contributed by atoms with Gasteiger partial charge in [0.2, 0.25) is 0 Å². The molecule has 0 aromatic carbocycles. The third kappa shape index (κ3) is 66.2. The summed E-state index contributed by atoms with van der Waals surface area (Å²) in [5, 5.41) is 10.6. The Labute approximate surface area is 561 Å².